The smallest absolute Gasteiger partial charge is 0.243 e. The van der Waals surface area contributed by atoms with Gasteiger partial charge in [-0.15, -0.1) is 12.3 Å². The summed E-state index contributed by atoms with van der Waals surface area (Å²) < 4.78 is 6.44. The van der Waals surface area contributed by atoms with Gasteiger partial charge in [0.2, 0.25) is 17.7 Å². The molecule has 1 fully saturated rings. The van der Waals surface area contributed by atoms with Crippen molar-refractivity contribution in [1.29, 1.82) is 0 Å². The first-order valence-electron chi connectivity index (χ1n) is 19.1. The second kappa shape index (κ2) is 20.2. The molecule has 1 aromatic carbocycles. The molecule has 1 aromatic heterocycles. The lowest BCUT2D eigenvalue weighted by Crippen LogP contribution is -2.51. The highest BCUT2D eigenvalue weighted by atomic mass is 16.5. The number of fused-ring (bicyclic) bond motifs is 1. The van der Waals surface area contributed by atoms with Crippen molar-refractivity contribution in [3.63, 3.8) is 0 Å². The second-order valence-electron chi connectivity index (χ2n) is 15.2. The average Bonchev–Trinajstić information content (AvgIpc) is 3.13. The summed E-state index contributed by atoms with van der Waals surface area (Å²) in [6.45, 7) is 6.70. The summed E-state index contributed by atoms with van der Waals surface area (Å²) in [6.07, 6.45) is 13.9. The Balaban J connectivity index is 1.37. The van der Waals surface area contributed by atoms with Gasteiger partial charge in [-0.1, -0.05) is 63.9 Å². The minimum absolute atomic E-state index is 0.0413. The van der Waals surface area contributed by atoms with Gasteiger partial charge in [0, 0.05) is 63.3 Å². The zero-order valence-corrected chi connectivity index (χ0v) is 31.4. The molecule has 0 spiro atoms. The number of nitrogens with zero attached hydrogens (tertiary/aromatic N) is 2. The number of aliphatic hydroxyl groups excluding tert-OH is 1. The fourth-order valence-corrected chi connectivity index (χ4v) is 7.20. The Morgan fingerprint density at radius 1 is 1.10 bits per heavy atom. The summed E-state index contributed by atoms with van der Waals surface area (Å²) in [5, 5.41) is 16.8. The third-order valence-electron chi connectivity index (χ3n) is 10.4. The van der Waals surface area contributed by atoms with E-state index in [0.29, 0.717) is 49.6 Å². The van der Waals surface area contributed by atoms with Crippen molar-refractivity contribution in [2.75, 3.05) is 20.1 Å². The van der Waals surface area contributed by atoms with Gasteiger partial charge >= 0.3 is 0 Å². The zero-order chi connectivity index (χ0) is 37.6. The normalized spacial score (nSPS) is 19.4. The van der Waals surface area contributed by atoms with Gasteiger partial charge in [0.25, 0.3) is 0 Å². The Kier molecular flexibility index (Phi) is 15.8. The van der Waals surface area contributed by atoms with Crippen LogP contribution >= 0.6 is 0 Å². The number of hydrogen-bond donors (Lipinski definition) is 3. The van der Waals surface area contributed by atoms with Crippen LogP contribution in [-0.4, -0.2) is 83.0 Å². The summed E-state index contributed by atoms with van der Waals surface area (Å²) >= 11 is 0. The number of hydrogen-bond acceptors (Lipinski definition) is 7. The van der Waals surface area contributed by atoms with Crippen molar-refractivity contribution in [1.82, 2.24) is 20.5 Å². The summed E-state index contributed by atoms with van der Waals surface area (Å²) in [7, 11) is 1.70. The number of terminal acetylenes is 1. The van der Waals surface area contributed by atoms with E-state index in [-0.39, 0.29) is 37.2 Å². The van der Waals surface area contributed by atoms with E-state index in [1.165, 1.54) is 6.42 Å². The van der Waals surface area contributed by atoms with Gasteiger partial charge in [-0.2, -0.15) is 0 Å². The number of Topliss-reactive ketones (excluding diaryl/α,β-unsaturated/α-hetero) is 1. The molecule has 52 heavy (non-hydrogen) atoms. The first-order chi connectivity index (χ1) is 24.9. The molecule has 4 rings (SSSR count). The van der Waals surface area contributed by atoms with Gasteiger partial charge in [0.1, 0.15) is 6.04 Å². The summed E-state index contributed by atoms with van der Waals surface area (Å²) in [5.41, 5.74) is 3.39. The van der Waals surface area contributed by atoms with Crippen LogP contribution in [0.4, 0.5) is 0 Å². The predicted octanol–water partition coefficient (Wildman–Crippen LogP) is 4.85. The van der Waals surface area contributed by atoms with Crippen LogP contribution in [0.3, 0.4) is 0 Å². The number of benzene rings is 1. The third kappa shape index (κ3) is 12.3. The number of aliphatic hydroxyl groups is 1. The number of nitrogens with one attached hydrogen (secondary N) is 2. The molecule has 3 amide bonds. The third-order valence-corrected chi connectivity index (χ3v) is 10.4. The maximum absolute atomic E-state index is 13.8. The lowest BCUT2D eigenvalue weighted by Gasteiger charge is -2.35. The van der Waals surface area contributed by atoms with E-state index in [2.05, 4.69) is 42.3 Å². The topological polar surface area (TPSA) is 138 Å². The van der Waals surface area contributed by atoms with Gasteiger partial charge in [0.05, 0.1) is 24.2 Å². The van der Waals surface area contributed by atoms with Crippen molar-refractivity contribution in [3.05, 3.63) is 65.0 Å². The molecule has 3 N–H and O–H groups in total. The number of likely N-dealkylation sites (N-methyl/N-ethyl adjacent to an activating group) is 1. The van der Waals surface area contributed by atoms with E-state index in [1.807, 2.05) is 36.4 Å². The molecule has 10 nitrogen and oxygen atoms in total. The van der Waals surface area contributed by atoms with E-state index in [4.69, 9.17) is 11.2 Å². The first-order valence-corrected chi connectivity index (χ1v) is 19.1. The number of aryl methyl sites for hydroxylation is 1. The largest absolute Gasteiger partial charge is 0.389 e. The van der Waals surface area contributed by atoms with Crippen LogP contribution in [0, 0.1) is 30.1 Å². The number of carbonyl (C=O) groups is 4. The second-order valence-corrected chi connectivity index (χ2v) is 15.2. The monoisotopic (exact) mass is 714 g/mol. The van der Waals surface area contributed by atoms with E-state index < -0.39 is 36.0 Å². The fourth-order valence-electron chi connectivity index (χ4n) is 7.20. The maximum Gasteiger partial charge on any atom is 0.243 e. The van der Waals surface area contributed by atoms with Gasteiger partial charge in [-0.05, 0) is 67.6 Å². The van der Waals surface area contributed by atoms with Crippen LogP contribution in [-0.2, 0) is 38.4 Å². The number of carbonyl (C=O) groups excluding carboxylic acids is 4. The van der Waals surface area contributed by atoms with Crippen molar-refractivity contribution < 1.29 is 29.0 Å². The molecule has 0 aliphatic heterocycles. The quantitative estimate of drug-likeness (QED) is 0.188. The minimum Gasteiger partial charge on any atom is -0.389 e. The lowest BCUT2D eigenvalue weighted by molar-refractivity contribution is -0.136. The Morgan fingerprint density at radius 3 is 2.56 bits per heavy atom. The van der Waals surface area contributed by atoms with E-state index in [9.17, 15) is 24.3 Å². The SMILES string of the molecule is C#CC[C@H](NC(=O)C(CC(=O)N(C)CCc1cc2c(cn1)C(=O)CCC2)Cc1ccccc1)C(=O)NCC(O)C(CC(C)C)OC1CCCCC1C. The molecule has 282 valence electrons. The Morgan fingerprint density at radius 2 is 1.85 bits per heavy atom. The number of ketones is 1. The Labute approximate surface area is 309 Å². The first kappa shape index (κ1) is 40.7. The van der Waals surface area contributed by atoms with Gasteiger partial charge in [-0.25, -0.2) is 0 Å². The molecular weight excluding hydrogens is 656 g/mol. The molecule has 2 aromatic rings. The molecule has 0 radical (unpaired) electrons. The van der Waals surface area contributed by atoms with Crippen LogP contribution < -0.4 is 10.6 Å². The average molecular weight is 715 g/mol. The number of rotatable bonds is 18. The van der Waals surface area contributed by atoms with Crippen LogP contribution in [0.25, 0.3) is 0 Å². The highest BCUT2D eigenvalue weighted by molar-refractivity contribution is 5.98. The molecular formula is C42H58N4O6. The molecule has 1 saturated carbocycles. The van der Waals surface area contributed by atoms with Crippen LogP contribution in [0.15, 0.2) is 42.6 Å². The fraction of sp³-hybridized carbons (Fsp3) is 0.595. The maximum atomic E-state index is 13.8. The predicted molar refractivity (Wildman–Crippen MR) is 201 cm³/mol. The molecule has 2 aliphatic carbocycles. The van der Waals surface area contributed by atoms with Crippen LogP contribution in [0.5, 0.6) is 0 Å². The molecule has 2 aliphatic rings. The van der Waals surface area contributed by atoms with Gasteiger partial charge in [-0.3, -0.25) is 24.2 Å². The number of amides is 3. The highest BCUT2D eigenvalue weighted by Gasteiger charge is 2.32. The van der Waals surface area contributed by atoms with E-state index in [1.54, 1.807) is 18.1 Å². The van der Waals surface area contributed by atoms with Gasteiger partial charge < -0.3 is 25.4 Å². The number of pyridine rings is 1. The standard InChI is InChI=1S/C42H58N4O6/c1-6-13-35(42(51)44-27-37(48)39(22-28(2)3)52-38-19-11-10-14-29(38)4)45-41(50)32(23-30-15-8-7-9-16-30)25-40(49)46(5)21-20-33-24-31-17-12-18-36(47)34(31)26-43-33/h1,7-9,15-16,24,26,28-29,32,35,37-39,48H,10-14,17-23,25,27H2,2-5H3,(H,44,51)(H,45,50)/t29?,32?,35-,37?,38?,39?/m0/s1. The summed E-state index contributed by atoms with van der Waals surface area (Å²) in [5.74, 6) is 1.39. The number of ether oxygens (including phenoxy) is 1. The molecule has 6 atom stereocenters. The van der Waals surface area contributed by atoms with Gasteiger partial charge in [0.15, 0.2) is 5.78 Å². The van der Waals surface area contributed by atoms with Crippen molar-refractivity contribution in [2.24, 2.45) is 17.8 Å². The Bertz CT molecular complexity index is 1540. The van der Waals surface area contributed by atoms with E-state index >= 15 is 0 Å². The van der Waals surface area contributed by atoms with Crippen molar-refractivity contribution in [3.8, 4) is 12.3 Å². The van der Waals surface area contributed by atoms with Crippen molar-refractivity contribution >= 4 is 23.5 Å². The molecule has 0 saturated heterocycles. The molecule has 0 bridgehead atoms. The number of aromatic nitrogens is 1. The molecule has 5 unspecified atom stereocenters. The highest BCUT2D eigenvalue weighted by Crippen LogP contribution is 2.29. The molecule has 10 heteroatoms. The summed E-state index contributed by atoms with van der Waals surface area (Å²) in [6, 6.07) is 10.4. The van der Waals surface area contributed by atoms with E-state index in [0.717, 1.165) is 48.9 Å². The van der Waals surface area contributed by atoms with Crippen LogP contribution in [0.1, 0.15) is 106 Å². The van der Waals surface area contributed by atoms with Crippen molar-refractivity contribution in [2.45, 2.75) is 122 Å². The zero-order valence-electron chi connectivity index (χ0n) is 31.4. The molecule has 1 heterocycles. The lowest BCUT2D eigenvalue weighted by atomic mass is 9.87. The summed E-state index contributed by atoms with van der Waals surface area (Å²) in [4.78, 5) is 59.0. The van der Waals surface area contributed by atoms with Crippen LogP contribution in [0.2, 0.25) is 0 Å². The minimum atomic E-state index is -1.04. The Hall–Kier alpha value is -4.07.